The highest BCUT2D eigenvalue weighted by atomic mass is 32.2. The molecule has 1 aromatic carbocycles. The van der Waals surface area contributed by atoms with Gasteiger partial charge in [-0.25, -0.2) is 4.98 Å². The van der Waals surface area contributed by atoms with Crippen LogP contribution in [0.25, 0.3) is 0 Å². The summed E-state index contributed by atoms with van der Waals surface area (Å²) in [5, 5.41) is 7.61. The van der Waals surface area contributed by atoms with Gasteiger partial charge in [0.1, 0.15) is 5.82 Å². The monoisotopic (exact) mass is 191 g/mol. The molecule has 0 aliphatic rings. The lowest BCUT2D eigenvalue weighted by Gasteiger charge is -1.93. The summed E-state index contributed by atoms with van der Waals surface area (Å²) in [6.07, 6.45) is 0. The molecule has 0 amide bonds. The first-order chi connectivity index (χ1) is 6.34. The molecule has 0 saturated carbocycles. The minimum atomic E-state index is 0.767. The summed E-state index contributed by atoms with van der Waals surface area (Å²) in [6.45, 7) is 1.89. The van der Waals surface area contributed by atoms with Gasteiger partial charge in [-0.05, 0) is 30.8 Å². The second-order valence-electron chi connectivity index (χ2n) is 2.62. The molecule has 4 heteroatoms. The minimum absolute atomic E-state index is 0.767. The largest absolute Gasteiger partial charge is 0.262 e. The van der Waals surface area contributed by atoms with E-state index in [1.807, 2.05) is 37.3 Å². The standard InChI is InChI=1S/C9H9N3S/c1-7-10-9(12-11-7)13-8-5-3-2-4-6-8/h2-6H,1H3,(H,10,11,12). The number of H-pyrrole nitrogens is 1. The average molecular weight is 191 g/mol. The van der Waals surface area contributed by atoms with Crippen LogP contribution in [0.1, 0.15) is 5.82 Å². The molecule has 0 aliphatic carbocycles. The van der Waals surface area contributed by atoms with Crippen LogP contribution >= 0.6 is 11.8 Å². The van der Waals surface area contributed by atoms with Crippen molar-refractivity contribution in [3.63, 3.8) is 0 Å². The van der Waals surface area contributed by atoms with Crippen molar-refractivity contribution in [1.82, 2.24) is 15.2 Å². The fourth-order valence-electron chi connectivity index (χ4n) is 0.962. The van der Waals surface area contributed by atoms with Gasteiger partial charge in [0.25, 0.3) is 0 Å². The van der Waals surface area contributed by atoms with Gasteiger partial charge in [0.05, 0.1) is 0 Å². The van der Waals surface area contributed by atoms with Gasteiger partial charge < -0.3 is 0 Å². The van der Waals surface area contributed by atoms with Crippen LogP contribution < -0.4 is 0 Å². The highest BCUT2D eigenvalue weighted by molar-refractivity contribution is 7.99. The van der Waals surface area contributed by atoms with E-state index in [4.69, 9.17) is 0 Å². The lowest BCUT2D eigenvalue weighted by Crippen LogP contribution is -1.75. The molecule has 0 radical (unpaired) electrons. The molecule has 0 bridgehead atoms. The first-order valence-electron chi connectivity index (χ1n) is 3.96. The van der Waals surface area contributed by atoms with Crippen molar-refractivity contribution in [2.45, 2.75) is 17.0 Å². The molecule has 1 aromatic heterocycles. The van der Waals surface area contributed by atoms with E-state index in [2.05, 4.69) is 15.2 Å². The molecule has 66 valence electrons. The van der Waals surface area contributed by atoms with E-state index in [-0.39, 0.29) is 0 Å². The van der Waals surface area contributed by atoms with E-state index in [0.29, 0.717) is 0 Å². The average Bonchev–Trinajstić information content (AvgIpc) is 2.53. The number of aryl methyl sites for hydroxylation is 1. The van der Waals surface area contributed by atoms with Crippen molar-refractivity contribution in [2.24, 2.45) is 0 Å². The highest BCUT2D eigenvalue weighted by Crippen LogP contribution is 2.23. The zero-order valence-corrected chi connectivity index (χ0v) is 8.01. The Hall–Kier alpha value is -1.29. The summed E-state index contributed by atoms with van der Waals surface area (Å²) in [4.78, 5) is 5.36. The zero-order valence-electron chi connectivity index (χ0n) is 7.19. The molecule has 0 aliphatic heterocycles. The molecule has 0 unspecified atom stereocenters. The van der Waals surface area contributed by atoms with Crippen LogP contribution in [-0.4, -0.2) is 15.2 Å². The third-order valence-electron chi connectivity index (χ3n) is 1.53. The van der Waals surface area contributed by atoms with Crippen LogP contribution in [0, 0.1) is 6.92 Å². The van der Waals surface area contributed by atoms with Crippen molar-refractivity contribution in [2.75, 3.05) is 0 Å². The number of nitrogens with one attached hydrogen (secondary N) is 1. The molecular weight excluding hydrogens is 182 g/mol. The molecule has 3 nitrogen and oxygen atoms in total. The van der Waals surface area contributed by atoms with Gasteiger partial charge in [-0.1, -0.05) is 18.2 Å². The van der Waals surface area contributed by atoms with Crippen LogP contribution in [0.5, 0.6) is 0 Å². The number of nitrogens with zero attached hydrogens (tertiary/aromatic N) is 2. The Morgan fingerprint density at radius 2 is 2.00 bits per heavy atom. The smallest absolute Gasteiger partial charge is 0.213 e. The molecular formula is C9H9N3S. The Balaban J connectivity index is 2.15. The van der Waals surface area contributed by atoms with Crippen LogP contribution in [0.2, 0.25) is 0 Å². The number of rotatable bonds is 2. The van der Waals surface area contributed by atoms with Crippen LogP contribution in [0.4, 0.5) is 0 Å². The third-order valence-corrected chi connectivity index (χ3v) is 2.40. The molecule has 0 atom stereocenters. The molecule has 2 rings (SSSR count). The topological polar surface area (TPSA) is 41.6 Å². The quantitative estimate of drug-likeness (QED) is 0.791. The van der Waals surface area contributed by atoms with Gasteiger partial charge in [-0.15, -0.1) is 5.10 Å². The molecule has 0 saturated heterocycles. The zero-order chi connectivity index (χ0) is 9.10. The van der Waals surface area contributed by atoms with Crippen LogP contribution in [0.3, 0.4) is 0 Å². The fraction of sp³-hybridized carbons (Fsp3) is 0.111. The maximum atomic E-state index is 4.20. The second-order valence-corrected chi connectivity index (χ2v) is 3.66. The van der Waals surface area contributed by atoms with Crippen molar-refractivity contribution in [3.05, 3.63) is 36.2 Å². The van der Waals surface area contributed by atoms with E-state index >= 15 is 0 Å². The predicted molar refractivity (Wildman–Crippen MR) is 51.7 cm³/mol. The molecule has 2 aromatic rings. The Kier molecular flexibility index (Phi) is 2.31. The summed E-state index contributed by atoms with van der Waals surface area (Å²) in [7, 11) is 0. The summed E-state index contributed by atoms with van der Waals surface area (Å²) >= 11 is 1.55. The fourth-order valence-corrected chi connectivity index (χ4v) is 1.74. The van der Waals surface area contributed by atoms with E-state index in [1.165, 1.54) is 0 Å². The number of hydrogen-bond acceptors (Lipinski definition) is 3. The lowest BCUT2D eigenvalue weighted by molar-refractivity contribution is 0.969. The minimum Gasteiger partial charge on any atom is -0.262 e. The second kappa shape index (κ2) is 3.62. The molecule has 1 heterocycles. The summed E-state index contributed by atoms with van der Waals surface area (Å²) < 4.78 is 0. The van der Waals surface area contributed by atoms with Crippen molar-refractivity contribution in [3.8, 4) is 0 Å². The van der Waals surface area contributed by atoms with E-state index in [9.17, 15) is 0 Å². The molecule has 0 spiro atoms. The first kappa shape index (κ1) is 8.31. The Bertz CT molecular complexity index is 383. The van der Waals surface area contributed by atoms with E-state index < -0.39 is 0 Å². The van der Waals surface area contributed by atoms with Gasteiger partial charge in [-0.2, -0.15) is 0 Å². The van der Waals surface area contributed by atoms with Gasteiger partial charge in [-0.3, -0.25) is 5.10 Å². The Morgan fingerprint density at radius 1 is 1.23 bits per heavy atom. The van der Waals surface area contributed by atoms with Gasteiger partial charge in [0.15, 0.2) is 0 Å². The maximum absolute atomic E-state index is 4.20. The van der Waals surface area contributed by atoms with Crippen molar-refractivity contribution >= 4 is 11.8 Å². The van der Waals surface area contributed by atoms with Gasteiger partial charge >= 0.3 is 0 Å². The highest BCUT2D eigenvalue weighted by Gasteiger charge is 2.00. The Labute approximate surface area is 80.6 Å². The first-order valence-corrected chi connectivity index (χ1v) is 4.78. The van der Waals surface area contributed by atoms with E-state index in [1.54, 1.807) is 11.8 Å². The third kappa shape index (κ3) is 2.09. The van der Waals surface area contributed by atoms with Crippen molar-refractivity contribution in [1.29, 1.82) is 0 Å². The Morgan fingerprint density at radius 3 is 2.62 bits per heavy atom. The summed E-state index contributed by atoms with van der Waals surface area (Å²) in [5.41, 5.74) is 0. The normalized spacial score (nSPS) is 10.2. The molecule has 1 N–H and O–H groups in total. The van der Waals surface area contributed by atoms with Crippen molar-refractivity contribution < 1.29 is 0 Å². The summed E-state index contributed by atoms with van der Waals surface area (Å²) in [6, 6.07) is 10.1. The molecule has 0 fully saturated rings. The molecule has 13 heavy (non-hydrogen) atoms. The predicted octanol–water partition coefficient (Wildman–Crippen LogP) is 2.26. The summed E-state index contributed by atoms with van der Waals surface area (Å²) in [5.74, 6) is 0.846. The lowest BCUT2D eigenvalue weighted by atomic mass is 10.4. The van der Waals surface area contributed by atoms with Crippen LogP contribution in [-0.2, 0) is 0 Å². The number of aromatic nitrogens is 3. The number of benzene rings is 1. The maximum Gasteiger partial charge on any atom is 0.213 e. The number of aromatic amines is 1. The number of hydrogen-bond donors (Lipinski definition) is 1. The van der Waals surface area contributed by atoms with Crippen LogP contribution in [0.15, 0.2) is 40.4 Å². The SMILES string of the molecule is Cc1nc(Sc2ccccc2)n[nH]1. The van der Waals surface area contributed by atoms with Gasteiger partial charge in [0, 0.05) is 4.90 Å². The van der Waals surface area contributed by atoms with E-state index in [0.717, 1.165) is 15.9 Å². The van der Waals surface area contributed by atoms with Gasteiger partial charge in [0.2, 0.25) is 5.16 Å².